The molecule has 0 saturated carbocycles. The van der Waals surface area contributed by atoms with Crippen LogP contribution in [0.1, 0.15) is 11.5 Å². The van der Waals surface area contributed by atoms with Gasteiger partial charge in [0.1, 0.15) is 0 Å². The van der Waals surface area contributed by atoms with Gasteiger partial charge >= 0.3 is 0 Å². The molecule has 0 fully saturated rings. The first-order valence-corrected chi connectivity index (χ1v) is 6.35. The first-order valence-electron chi connectivity index (χ1n) is 6.35. The van der Waals surface area contributed by atoms with E-state index in [0.717, 1.165) is 16.8 Å². The molecule has 0 spiro atoms. The number of hydrogen-bond donors (Lipinski definition) is 1. The first-order chi connectivity index (χ1) is 9.83. The van der Waals surface area contributed by atoms with E-state index in [1.54, 1.807) is 12.4 Å². The Balaban J connectivity index is 1.73. The van der Waals surface area contributed by atoms with Crippen molar-refractivity contribution in [1.29, 1.82) is 0 Å². The average molecular weight is 266 g/mol. The van der Waals surface area contributed by atoms with E-state index in [1.807, 2.05) is 43.3 Å². The number of aromatic nitrogens is 3. The molecule has 0 aliphatic carbocycles. The molecular formula is C15H14N4O. The summed E-state index contributed by atoms with van der Waals surface area (Å²) >= 11 is 0. The highest BCUT2D eigenvalue weighted by molar-refractivity contribution is 5.57. The first kappa shape index (κ1) is 12.3. The van der Waals surface area contributed by atoms with Crippen LogP contribution in [0.3, 0.4) is 0 Å². The normalized spacial score (nSPS) is 10.4. The van der Waals surface area contributed by atoms with Crippen LogP contribution >= 0.6 is 0 Å². The Labute approximate surface area is 116 Å². The Morgan fingerprint density at radius 3 is 2.80 bits per heavy atom. The van der Waals surface area contributed by atoms with E-state index in [0.29, 0.717) is 18.3 Å². The molecule has 2 aromatic heterocycles. The summed E-state index contributed by atoms with van der Waals surface area (Å²) in [6, 6.07) is 11.8. The molecule has 0 radical (unpaired) electrons. The van der Waals surface area contributed by atoms with Crippen molar-refractivity contribution in [3.05, 3.63) is 60.2 Å². The molecule has 0 bridgehead atoms. The van der Waals surface area contributed by atoms with Gasteiger partial charge < -0.3 is 9.84 Å². The molecule has 5 nitrogen and oxygen atoms in total. The Bertz CT molecular complexity index is 694. The third-order valence-electron chi connectivity index (χ3n) is 2.97. The topological polar surface area (TPSA) is 63.8 Å². The molecule has 2 heterocycles. The lowest BCUT2D eigenvalue weighted by Gasteiger charge is -2.01. The molecule has 5 heteroatoms. The van der Waals surface area contributed by atoms with Crippen LogP contribution in [0, 0.1) is 6.92 Å². The van der Waals surface area contributed by atoms with Gasteiger partial charge in [-0.05, 0) is 30.7 Å². The number of benzene rings is 1. The second-order valence-electron chi connectivity index (χ2n) is 4.42. The summed E-state index contributed by atoms with van der Waals surface area (Å²) in [5.74, 6) is 1.12. The molecule has 20 heavy (non-hydrogen) atoms. The minimum atomic E-state index is 0.496. The Morgan fingerprint density at radius 2 is 2.00 bits per heavy atom. The van der Waals surface area contributed by atoms with Crippen molar-refractivity contribution < 1.29 is 4.52 Å². The number of para-hydroxylation sites is 1. The van der Waals surface area contributed by atoms with Crippen LogP contribution in [0.4, 0.5) is 5.69 Å². The van der Waals surface area contributed by atoms with Crippen LogP contribution in [0.2, 0.25) is 0 Å². The quantitative estimate of drug-likeness (QED) is 0.786. The summed E-state index contributed by atoms with van der Waals surface area (Å²) < 4.78 is 5.24. The van der Waals surface area contributed by atoms with Gasteiger partial charge in [-0.15, -0.1) is 0 Å². The standard InChI is InChI=1S/C15H14N4O/c1-11-7-8-16-9-13(11)15-18-14(20-19-15)10-17-12-5-3-2-4-6-12/h2-9,17H,10H2,1H3. The van der Waals surface area contributed by atoms with Crippen molar-refractivity contribution in [1.82, 2.24) is 15.1 Å². The number of aryl methyl sites for hydroxylation is 1. The smallest absolute Gasteiger partial charge is 0.246 e. The fourth-order valence-electron chi connectivity index (χ4n) is 1.87. The fourth-order valence-corrected chi connectivity index (χ4v) is 1.87. The van der Waals surface area contributed by atoms with Crippen LogP contribution < -0.4 is 5.32 Å². The number of anilines is 1. The van der Waals surface area contributed by atoms with Gasteiger partial charge in [0.25, 0.3) is 0 Å². The second kappa shape index (κ2) is 5.52. The zero-order chi connectivity index (χ0) is 13.8. The number of nitrogens with one attached hydrogen (secondary N) is 1. The van der Waals surface area contributed by atoms with Crippen LogP contribution in [0.25, 0.3) is 11.4 Å². The van der Waals surface area contributed by atoms with Gasteiger partial charge in [0, 0.05) is 23.6 Å². The maximum absolute atomic E-state index is 5.24. The van der Waals surface area contributed by atoms with Crippen LogP contribution in [0.15, 0.2) is 53.3 Å². The molecule has 0 amide bonds. The van der Waals surface area contributed by atoms with E-state index >= 15 is 0 Å². The summed E-state index contributed by atoms with van der Waals surface area (Å²) in [6.07, 6.45) is 3.49. The van der Waals surface area contributed by atoms with E-state index in [-0.39, 0.29) is 0 Å². The van der Waals surface area contributed by atoms with E-state index in [1.165, 1.54) is 0 Å². The van der Waals surface area contributed by atoms with Crippen molar-refractivity contribution in [2.45, 2.75) is 13.5 Å². The van der Waals surface area contributed by atoms with E-state index in [4.69, 9.17) is 4.52 Å². The maximum atomic E-state index is 5.24. The molecule has 0 saturated heterocycles. The molecule has 3 aromatic rings. The van der Waals surface area contributed by atoms with E-state index in [2.05, 4.69) is 20.4 Å². The zero-order valence-electron chi connectivity index (χ0n) is 11.1. The van der Waals surface area contributed by atoms with Crippen molar-refractivity contribution in [3.8, 4) is 11.4 Å². The second-order valence-corrected chi connectivity index (χ2v) is 4.42. The van der Waals surface area contributed by atoms with Crippen molar-refractivity contribution in [2.24, 2.45) is 0 Å². The third-order valence-corrected chi connectivity index (χ3v) is 2.97. The summed E-state index contributed by atoms with van der Waals surface area (Å²) in [5, 5.41) is 7.22. The Hall–Kier alpha value is -2.69. The van der Waals surface area contributed by atoms with Gasteiger partial charge in [0.2, 0.25) is 11.7 Å². The van der Waals surface area contributed by atoms with Gasteiger partial charge in [-0.1, -0.05) is 23.4 Å². The minimum absolute atomic E-state index is 0.496. The molecule has 3 rings (SSSR count). The third kappa shape index (κ3) is 2.66. The number of nitrogens with zero attached hydrogens (tertiary/aromatic N) is 3. The highest BCUT2D eigenvalue weighted by atomic mass is 16.5. The van der Waals surface area contributed by atoms with Gasteiger partial charge in [0.15, 0.2) is 0 Å². The predicted molar refractivity (Wildman–Crippen MR) is 76.0 cm³/mol. The lowest BCUT2D eigenvalue weighted by atomic mass is 10.1. The Kier molecular flexibility index (Phi) is 3.41. The lowest BCUT2D eigenvalue weighted by Crippen LogP contribution is -1.99. The molecule has 0 aliphatic heterocycles. The number of hydrogen-bond acceptors (Lipinski definition) is 5. The fraction of sp³-hybridized carbons (Fsp3) is 0.133. The predicted octanol–water partition coefficient (Wildman–Crippen LogP) is 3.05. The molecule has 0 atom stereocenters. The number of rotatable bonds is 4. The Morgan fingerprint density at radius 1 is 1.15 bits per heavy atom. The van der Waals surface area contributed by atoms with Crippen LogP contribution in [0.5, 0.6) is 0 Å². The number of pyridine rings is 1. The van der Waals surface area contributed by atoms with Crippen molar-refractivity contribution >= 4 is 5.69 Å². The largest absolute Gasteiger partial charge is 0.376 e. The summed E-state index contributed by atoms with van der Waals surface area (Å²) in [6.45, 7) is 2.49. The van der Waals surface area contributed by atoms with Crippen LogP contribution in [-0.2, 0) is 6.54 Å². The molecular weight excluding hydrogens is 252 g/mol. The average Bonchev–Trinajstić information content (AvgIpc) is 2.95. The lowest BCUT2D eigenvalue weighted by molar-refractivity contribution is 0.384. The van der Waals surface area contributed by atoms with Gasteiger partial charge in [0.05, 0.1) is 6.54 Å². The maximum Gasteiger partial charge on any atom is 0.246 e. The van der Waals surface area contributed by atoms with Gasteiger partial charge in [-0.3, -0.25) is 4.98 Å². The van der Waals surface area contributed by atoms with Gasteiger partial charge in [-0.2, -0.15) is 4.98 Å². The minimum Gasteiger partial charge on any atom is -0.376 e. The SMILES string of the molecule is Cc1ccncc1-c1noc(CNc2ccccc2)n1. The zero-order valence-corrected chi connectivity index (χ0v) is 11.1. The van der Waals surface area contributed by atoms with Gasteiger partial charge in [-0.25, -0.2) is 0 Å². The monoisotopic (exact) mass is 266 g/mol. The molecule has 1 N–H and O–H groups in total. The molecule has 0 aliphatic rings. The van der Waals surface area contributed by atoms with E-state index < -0.39 is 0 Å². The van der Waals surface area contributed by atoms with Crippen molar-refractivity contribution in [3.63, 3.8) is 0 Å². The summed E-state index contributed by atoms with van der Waals surface area (Å²) in [4.78, 5) is 8.46. The molecule has 0 unspecified atom stereocenters. The molecule has 100 valence electrons. The summed E-state index contributed by atoms with van der Waals surface area (Å²) in [5.41, 5.74) is 2.98. The highest BCUT2D eigenvalue weighted by Gasteiger charge is 2.10. The van der Waals surface area contributed by atoms with Crippen LogP contribution in [-0.4, -0.2) is 15.1 Å². The summed E-state index contributed by atoms with van der Waals surface area (Å²) in [7, 11) is 0. The highest BCUT2D eigenvalue weighted by Crippen LogP contribution is 2.19. The van der Waals surface area contributed by atoms with Crippen molar-refractivity contribution in [2.75, 3.05) is 5.32 Å². The molecule has 1 aromatic carbocycles. The van der Waals surface area contributed by atoms with E-state index in [9.17, 15) is 0 Å².